The molecule has 0 aromatic carbocycles. The fourth-order valence-electron chi connectivity index (χ4n) is 1.67. The van der Waals surface area contributed by atoms with Gasteiger partial charge in [-0.15, -0.1) is 0 Å². The Bertz CT molecular complexity index is 193. The van der Waals surface area contributed by atoms with Crippen molar-refractivity contribution in [2.75, 3.05) is 12.4 Å². The lowest BCUT2D eigenvalue weighted by molar-refractivity contribution is -0.142. The van der Waals surface area contributed by atoms with Gasteiger partial charge in [0.05, 0.1) is 0 Å². The van der Waals surface area contributed by atoms with Gasteiger partial charge in [0.1, 0.15) is 6.61 Å². The van der Waals surface area contributed by atoms with E-state index in [1.807, 2.05) is 0 Å². The molecule has 0 bridgehead atoms. The van der Waals surface area contributed by atoms with Crippen LogP contribution < -0.4 is 0 Å². The smallest absolute Gasteiger partial charge is 0.306 e. The molecule has 0 spiro atoms. The van der Waals surface area contributed by atoms with Crippen LogP contribution in [0.4, 0.5) is 0 Å². The van der Waals surface area contributed by atoms with Crippen molar-refractivity contribution in [3.63, 3.8) is 0 Å². The monoisotopic (exact) mass is 258 g/mol. The fraction of sp³-hybridized carbons (Fsp3) is 0.786. The summed E-state index contributed by atoms with van der Waals surface area (Å²) in [5.41, 5.74) is 0. The molecule has 0 fully saturated rings. The molecule has 0 aromatic rings. The van der Waals surface area contributed by atoms with Crippen LogP contribution in [-0.4, -0.2) is 18.3 Å². The second-order valence-corrected chi connectivity index (χ2v) is 4.72. The summed E-state index contributed by atoms with van der Waals surface area (Å²) >= 11 is 4.19. The molecule has 0 radical (unpaired) electrons. The van der Waals surface area contributed by atoms with E-state index in [2.05, 4.69) is 19.2 Å². The first-order valence-corrected chi connectivity index (χ1v) is 7.32. The number of carbonyl (C=O) groups is 1. The molecule has 100 valence electrons. The van der Waals surface area contributed by atoms with Crippen molar-refractivity contribution in [2.45, 2.75) is 57.8 Å². The van der Waals surface area contributed by atoms with Gasteiger partial charge in [0.15, 0.2) is 0 Å². The standard InChI is InChI=1S/C14H26O2S/c1-2-12-16-14(15)11-9-7-5-3-4-6-8-10-13-17/h2,17H,1,3-13H2. The van der Waals surface area contributed by atoms with Gasteiger partial charge < -0.3 is 4.74 Å². The van der Waals surface area contributed by atoms with E-state index in [0.717, 1.165) is 18.6 Å². The number of unbranched alkanes of at least 4 members (excludes halogenated alkanes) is 7. The Morgan fingerprint density at radius 2 is 1.53 bits per heavy atom. The van der Waals surface area contributed by atoms with E-state index in [1.54, 1.807) is 6.08 Å². The number of esters is 1. The normalized spacial score (nSPS) is 10.2. The first-order chi connectivity index (χ1) is 8.31. The molecular weight excluding hydrogens is 232 g/mol. The molecule has 0 amide bonds. The van der Waals surface area contributed by atoms with Crippen LogP contribution in [0.25, 0.3) is 0 Å². The van der Waals surface area contributed by atoms with E-state index in [1.165, 1.54) is 38.5 Å². The van der Waals surface area contributed by atoms with Crippen LogP contribution in [0, 0.1) is 0 Å². The van der Waals surface area contributed by atoms with Crippen LogP contribution in [0.2, 0.25) is 0 Å². The Morgan fingerprint density at radius 1 is 1.00 bits per heavy atom. The minimum Gasteiger partial charge on any atom is -0.461 e. The maximum Gasteiger partial charge on any atom is 0.306 e. The lowest BCUT2D eigenvalue weighted by Crippen LogP contribution is -2.03. The molecule has 0 heterocycles. The lowest BCUT2D eigenvalue weighted by atomic mass is 10.1. The summed E-state index contributed by atoms with van der Waals surface area (Å²) < 4.78 is 4.90. The Morgan fingerprint density at radius 3 is 2.06 bits per heavy atom. The molecule has 2 nitrogen and oxygen atoms in total. The van der Waals surface area contributed by atoms with E-state index in [9.17, 15) is 4.79 Å². The van der Waals surface area contributed by atoms with Gasteiger partial charge in [-0.2, -0.15) is 12.6 Å². The van der Waals surface area contributed by atoms with Crippen LogP contribution >= 0.6 is 12.6 Å². The van der Waals surface area contributed by atoms with Gasteiger partial charge in [0.25, 0.3) is 0 Å². The Labute approximate surface area is 111 Å². The van der Waals surface area contributed by atoms with Crippen LogP contribution in [0.15, 0.2) is 12.7 Å². The van der Waals surface area contributed by atoms with Crippen molar-refractivity contribution in [2.24, 2.45) is 0 Å². The third kappa shape index (κ3) is 13.5. The second-order valence-electron chi connectivity index (χ2n) is 4.27. The van der Waals surface area contributed by atoms with Crippen molar-refractivity contribution < 1.29 is 9.53 Å². The molecule has 0 aliphatic carbocycles. The summed E-state index contributed by atoms with van der Waals surface area (Å²) in [5.74, 6) is 0.908. The molecule has 0 unspecified atom stereocenters. The number of thiol groups is 1. The van der Waals surface area contributed by atoms with E-state index >= 15 is 0 Å². The molecule has 0 saturated carbocycles. The zero-order valence-electron chi connectivity index (χ0n) is 10.8. The van der Waals surface area contributed by atoms with Crippen molar-refractivity contribution in [1.82, 2.24) is 0 Å². The predicted molar refractivity (Wildman–Crippen MR) is 76.6 cm³/mol. The molecule has 17 heavy (non-hydrogen) atoms. The number of hydrogen-bond acceptors (Lipinski definition) is 3. The first kappa shape index (κ1) is 16.6. The average Bonchev–Trinajstić information content (AvgIpc) is 2.34. The number of carbonyl (C=O) groups excluding carboxylic acids is 1. The summed E-state index contributed by atoms with van der Waals surface area (Å²) in [6.07, 6.45) is 11.9. The van der Waals surface area contributed by atoms with E-state index < -0.39 is 0 Å². The van der Waals surface area contributed by atoms with Crippen LogP contribution in [-0.2, 0) is 9.53 Å². The highest BCUT2D eigenvalue weighted by Crippen LogP contribution is 2.10. The summed E-state index contributed by atoms with van der Waals surface area (Å²) in [7, 11) is 0. The van der Waals surface area contributed by atoms with Gasteiger partial charge in [0, 0.05) is 6.42 Å². The molecule has 0 rings (SSSR count). The highest BCUT2D eigenvalue weighted by atomic mass is 32.1. The third-order valence-corrected chi connectivity index (χ3v) is 2.97. The maximum absolute atomic E-state index is 11.1. The van der Waals surface area contributed by atoms with E-state index in [-0.39, 0.29) is 5.97 Å². The van der Waals surface area contributed by atoms with E-state index in [4.69, 9.17) is 4.74 Å². The van der Waals surface area contributed by atoms with Gasteiger partial charge in [-0.05, 0) is 18.6 Å². The molecule has 3 heteroatoms. The van der Waals surface area contributed by atoms with Crippen LogP contribution in [0.3, 0.4) is 0 Å². The van der Waals surface area contributed by atoms with Gasteiger partial charge >= 0.3 is 5.97 Å². The predicted octanol–water partition coefficient (Wildman–Crippen LogP) is 4.16. The lowest BCUT2D eigenvalue weighted by Gasteiger charge is -2.02. The average molecular weight is 258 g/mol. The second kappa shape index (κ2) is 13.6. The van der Waals surface area contributed by atoms with Gasteiger partial charge in [0.2, 0.25) is 0 Å². The molecule has 0 saturated heterocycles. The van der Waals surface area contributed by atoms with Gasteiger partial charge in [-0.1, -0.05) is 51.2 Å². The quantitative estimate of drug-likeness (QED) is 0.246. The number of ether oxygens (including phenoxy) is 1. The zero-order valence-corrected chi connectivity index (χ0v) is 11.7. The Kier molecular flexibility index (Phi) is 13.3. The minimum atomic E-state index is -0.0984. The highest BCUT2D eigenvalue weighted by Gasteiger charge is 2.00. The van der Waals surface area contributed by atoms with Gasteiger partial charge in [-0.25, -0.2) is 0 Å². The summed E-state index contributed by atoms with van der Waals surface area (Å²) in [4.78, 5) is 11.1. The molecule has 0 N–H and O–H groups in total. The zero-order chi connectivity index (χ0) is 12.8. The Hall–Kier alpha value is -0.440. The summed E-state index contributed by atoms with van der Waals surface area (Å²) in [5, 5.41) is 0. The van der Waals surface area contributed by atoms with E-state index in [0.29, 0.717) is 13.0 Å². The number of hydrogen-bond donors (Lipinski definition) is 1. The van der Waals surface area contributed by atoms with Gasteiger partial charge in [-0.3, -0.25) is 4.79 Å². The van der Waals surface area contributed by atoms with Crippen molar-refractivity contribution in [3.05, 3.63) is 12.7 Å². The topological polar surface area (TPSA) is 26.3 Å². The summed E-state index contributed by atoms with van der Waals surface area (Å²) in [6, 6.07) is 0. The third-order valence-electron chi connectivity index (χ3n) is 2.65. The maximum atomic E-state index is 11.1. The fourth-order valence-corrected chi connectivity index (χ4v) is 1.89. The van der Waals surface area contributed by atoms with Crippen LogP contribution in [0.5, 0.6) is 0 Å². The first-order valence-electron chi connectivity index (χ1n) is 6.68. The Balaban J connectivity index is 3.07. The van der Waals surface area contributed by atoms with Crippen molar-refractivity contribution in [3.8, 4) is 0 Å². The highest BCUT2D eigenvalue weighted by molar-refractivity contribution is 7.80. The van der Waals surface area contributed by atoms with Crippen molar-refractivity contribution in [1.29, 1.82) is 0 Å². The molecule has 0 aliphatic rings. The SMILES string of the molecule is C=CCOC(=O)CCCCCCCCCCS. The molecule has 0 aliphatic heterocycles. The minimum absolute atomic E-state index is 0.0984. The molecule has 0 aromatic heterocycles. The molecule has 0 atom stereocenters. The molecular formula is C14H26O2S. The van der Waals surface area contributed by atoms with Crippen molar-refractivity contribution >= 4 is 18.6 Å². The number of rotatable bonds is 12. The largest absolute Gasteiger partial charge is 0.461 e. The van der Waals surface area contributed by atoms with Crippen LogP contribution in [0.1, 0.15) is 57.8 Å². The summed E-state index contributed by atoms with van der Waals surface area (Å²) in [6.45, 7) is 3.84.